The average Bonchev–Trinajstić information content (AvgIpc) is 2.22. The lowest BCUT2D eigenvalue weighted by atomic mass is 10.1. The Bertz CT molecular complexity index is 287. The molecule has 9 heteroatoms. The van der Waals surface area contributed by atoms with E-state index in [0.717, 1.165) is 5.06 Å². The fourth-order valence-electron chi connectivity index (χ4n) is 1.19. The van der Waals surface area contributed by atoms with Crippen molar-refractivity contribution in [2.75, 3.05) is 6.26 Å². The van der Waals surface area contributed by atoms with Crippen LogP contribution in [0.1, 0.15) is 0 Å². The molecule has 3 nitrogen and oxygen atoms in total. The maximum Gasteiger partial charge on any atom is 0.165 e. The van der Waals surface area contributed by atoms with Gasteiger partial charge in [-0.05, 0) is 6.26 Å². The van der Waals surface area contributed by atoms with Crippen molar-refractivity contribution >= 4 is 80.7 Å². The number of hydroxylamine groups is 2. The molecule has 0 aromatic rings. The molecule has 0 saturated carbocycles. The second-order valence-electron chi connectivity index (χ2n) is 3.07. The van der Waals surface area contributed by atoms with Crippen molar-refractivity contribution in [1.82, 2.24) is 5.06 Å². The van der Waals surface area contributed by atoms with Crippen LogP contribution in [0.15, 0.2) is 0 Å². The summed E-state index contributed by atoms with van der Waals surface area (Å²) in [4.78, 5) is 11.8. The minimum Gasteiger partial charge on any atom is -0.309 e. The van der Waals surface area contributed by atoms with Gasteiger partial charge in [0, 0.05) is 0 Å². The van der Waals surface area contributed by atoms with Crippen LogP contribution in [0.3, 0.4) is 0 Å². The molecule has 1 fully saturated rings. The average molecular weight is 322 g/mol. The zero-order chi connectivity index (χ0) is 12.0. The van der Waals surface area contributed by atoms with Gasteiger partial charge in [0.25, 0.3) is 0 Å². The van der Waals surface area contributed by atoms with Crippen LogP contribution >= 0.6 is 74.9 Å². The zero-order valence-electron chi connectivity index (χ0n) is 7.60. The predicted molar refractivity (Wildman–Crippen MR) is 80.1 cm³/mol. The number of thiol groups is 5. The second kappa shape index (κ2) is 4.75. The normalized spacial score (nSPS) is 41.9. The number of carbonyl (C=O) groups is 1. The molecule has 88 valence electrons. The molecule has 0 aliphatic carbocycles. The number of rotatable bonds is 1. The summed E-state index contributed by atoms with van der Waals surface area (Å²) in [6.07, 6.45) is 1.71. The maximum atomic E-state index is 11.8. The standard InChI is InChI=1S/C6H11NO2S6/c1-15-6(14)4(11)2(8)3(10)5(12,13)7(6)9/h3-4,9-14H,1H3. The maximum absolute atomic E-state index is 11.8. The van der Waals surface area contributed by atoms with Gasteiger partial charge in [-0.2, -0.15) is 25.3 Å². The first kappa shape index (κ1) is 14.7. The molecule has 1 aliphatic rings. The van der Waals surface area contributed by atoms with Crippen molar-refractivity contribution in [1.29, 1.82) is 0 Å². The topological polar surface area (TPSA) is 40.5 Å². The summed E-state index contributed by atoms with van der Waals surface area (Å²) in [6.45, 7) is 0. The number of thioether (sulfide) groups is 1. The van der Waals surface area contributed by atoms with Gasteiger partial charge in [0.2, 0.25) is 0 Å². The van der Waals surface area contributed by atoms with Crippen molar-refractivity contribution in [3.63, 3.8) is 0 Å². The molecule has 0 aromatic carbocycles. The number of Topliss-reactive ketones (excluding diaryl/α,β-unsaturated/α-hetero) is 1. The Balaban J connectivity index is 3.19. The SMILES string of the molecule is CSC1(S)C(S)C(=O)C(S)C(S)(S)N1O. The summed E-state index contributed by atoms with van der Waals surface area (Å²) >= 11 is 21.9. The first-order valence-electron chi connectivity index (χ1n) is 3.81. The Hall–Kier alpha value is 1.69. The monoisotopic (exact) mass is 321 g/mol. The van der Waals surface area contributed by atoms with Gasteiger partial charge >= 0.3 is 0 Å². The lowest BCUT2D eigenvalue weighted by Gasteiger charge is -2.51. The van der Waals surface area contributed by atoms with Crippen LogP contribution in [0.4, 0.5) is 0 Å². The molecule has 1 heterocycles. The highest BCUT2D eigenvalue weighted by Gasteiger charge is 2.59. The van der Waals surface area contributed by atoms with Gasteiger partial charge in [0.15, 0.2) is 14.2 Å². The third kappa shape index (κ3) is 2.18. The molecule has 3 atom stereocenters. The van der Waals surface area contributed by atoms with Crippen molar-refractivity contribution in [3.05, 3.63) is 0 Å². The minimum absolute atomic E-state index is 0.263. The van der Waals surface area contributed by atoms with E-state index in [9.17, 15) is 10.0 Å². The van der Waals surface area contributed by atoms with Crippen LogP contribution in [0.25, 0.3) is 0 Å². The summed E-state index contributed by atoms with van der Waals surface area (Å²) in [5.74, 6) is -0.263. The van der Waals surface area contributed by atoms with Crippen molar-refractivity contribution < 1.29 is 10.0 Å². The van der Waals surface area contributed by atoms with Crippen molar-refractivity contribution in [3.8, 4) is 0 Å². The molecule has 15 heavy (non-hydrogen) atoms. The Morgan fingerprint density at radius 3 is 2.20 bits per heavy atom. The highest BCUT2D eigenvalue weighted by molar-refractivity contribution is 8.12. The molecule has 0 aromatic heterocycles. The highest BCUT2D eigenvalue weighted by atomic mass is 32.2. The number of ketones is 1. The smallest absolute Gasteiger partial charge is 0.165 e. The van der Waals surface area contributed by atoms with E-state index >= 15 is 0 Å². The molecule has 0 amide bonds. The second-order valence-corrected chi connectivity index (χ2v) is 7.83. The van der Waals surface area contributed by atoms with Crippen LogP contribution in [-0.4, -0.2) is 41.2 Å². The van der Waals surface area contributed by atoms with E-state index < -0.39 is 18.9 Å². The fourth-order valence-corrected chi connectivity index (χ4v) is 3.95. The molecule has 1 rings (SSSR count). The molecule has 0 bridgehead atoms. The Morgan fingerprint density at radius 1 is 1.33 bits per heavy atom. The summed E-state index contributed by atoms with van der Waals surface area (Å²) in [7, 11) is 0. The van der Waals surface area contributed by atoms with E-state index in [1.54, 1.807) is 6.26 Å². The first-order valence-corrected chi connectivity index (χ1v) is 7.40. The highest BCUT2D eigenvalue weighted by Crippen LogP contribution is 2.50. The number of hydrogen-bond acceptors (Lipinski definition) is 9. The van der Waals surface area contributed by atoms with E-state index in [-0.39, 0.29) is 5.78 Å². The molecule has 3 unspecified atom stereocenters. The minimum atomic E-state index is -1.37. The Labute approximate surface area is 120 Å². The summed E-state index contributed by atoms with van der Waals surface area (Å²) in [5, 5.41) is 9.14. The molecule has 1 saturated heterocycles. The van der Waals surface area contributed by atoms with Gasteiger partial charge in [0.05, 0.1) is 0 Å². The van der Waals surface area contributed by atoms with Gasteiger partial charge in [-0.25, -0.2) is 0 Å². The molecule has 0 radical (unpaired) electrons. The van der Waals surface area contributed by atoms with E-state index in [0.29, 0.717) is 0 Å². The van der Waals surface area contributed by atoms with Gasteiger partial charge in [-0.3, -0.25) is 4.79 Å². The fraction of sp³-hybridized carbons (Fsp3) is 0.833. The van der Waals surface area contributed by atoms with Crippen LogP contribution in [0, 0.1) is 0 Å². The predicted octanol–water partition coefficient (Wildman–Crippen LogP) is 1.32. The van der Waals surface area contributed by atoms with Gasteiger partial charge < -0.3 is 5.21 Å². The molecule has 0 spiro atoms. The van der Waals surface area contributed by atoms with Gasteiger partial charge in [0.1, 0.15) is 10.5 Å². The largest absolute Gasteiger partial charge is 0.309 e. The van der Waals surface area contributed by atoms with Crippen LogP contribution in [0.2, 0.25) is 0 Å². The molecule has 1 aliphatic heterocycles. The lowest BCUT2D eigenvalue weighted by Crippen LogP contribution is -2.67. The van der Waals surface area contributed by atoms with Crippen LogP contribution in [0.5, 0.6) is 0 Å². The van der Waals surface area contributed by atoms with Crippen molar-refractivity contribution in [2.45, 2.75) is 18.9 Å². The summed E-state index contributed by atoms with van der Waals surface area (Å²) in [6, 6.07) is 0. The molecule has 1 N–H and O–H groups in total. The third-order valence-electron chi connectivity index (χ3n) is 2.18. The Kier molecular flexibility index (Phi) is 4.67. The quantitative estimate of drug-likeness (QED) is 0.326. The van der Waals surface area contributed by atoms with Gasteiger partial charge in [-0.15, -0.1) is 54.7 Å². The van der Waals surface area contributed by atoms with Gasteiger partial charge in [-0.1, -0.05) is 0 Å². The first-order chi connectivity index (χ1) is 6.69. The third-order valence-corrected chi connectivity index (χ3v) is 7.12. The van der Waals surface area contributed by atoms with Crippen LogP contribution < -0.4 is 0 Å². The number of carbonyl (C=O) groups excluding carboxylic acids is 1. The van der Waals surface area contributed by atoms with Crippen LogP contribution in [-0.2, 0) is 4.79 Å². The summed E-state index contributed by atoms with van der Waals surface area (Å²) < 4.78 is -2.53. The number of hydrogen-bond donors (Lipinski definition) is 6. The number of nitrogens with zero attached hydrogens (tertiary/aromatic N) is 1. The van der Waals surface area contributed by atoms with E-state index in [1.165, 1.54) is 11.8 Å². The van der Waals surface area contributed by atoms with E-state index in [1.807, 2.05) is 0 Å². The van der Waals surface area contributed by atoms with E-state index in [2.05, 4.69) is 63.1 Å². The summed E-state index contributed by atoms with van der Waals surface area (Å²) in [5.41, 5.74) is 0. The van der Waals surface area contributed by atoms with Crippen molar-refractivity contribution in [2.24, 2.45) is 0 Å². The molecular weight excluding hydrogens is 310 g/mol. The van der Waals surface area contributed by atoms with E-state index in [4.69, 9.17) is 0 Å². The molecular formula is C6H11NO2S6. The lowest BCUT2D eigenvalue weighted by molar-refractivity contribution is -0.156. The number of piperidine rings is 1. The Morgan fingerprint density at radius 2 is 1.80 bits per heavy atom. The zero-order valence-corrected chi connectivity index (χ0v) is 12.9.